The Kier molecular flexibility index (Phi) is 6.56. The molecule has 0 atom stereocenters. The van der Waals surface area contributed by atoms with E-state index in [1.807, 2.05) is 0 Å². The minimum absolute atomic E-state index is 0.219. The quantitative estimate of drug-likeness (QED) is 0.643. The normalized spacial score (nSPS) is 13.9. The van der Waals surface area contributed by atoms with Crippen molar-refractivity contribution in [2.75, 3.05) is 6.54 Å². The molecule has 82 valence electrons. The molecule has 14 heavy (non-hydrogen) atoms. The van der Waals surface area contributed by atoms with E-state index in [4.69, 9.17) is 5.73 Å². The van der Waals surface area contributed by atoms with E-state index in [1.165, 1.54) is 5.57 Å². The van der Waals surface area contributed by atoms with E-state index < -0.39 is 0 Å². The maximum absolute atomic E-state index is 5.63. The number of allylic oxidation sites excluding steroid dienone is 4. The Morgan fingerprint density at radius 1 is 1.21 bits per heavy atom. The maximum Gasteiger partial charge on any atom is -0.00690 e. The topological polar surface area (TPSA) is 26.0 Å². The third-order valence-electron chi connectivity index (χ3n) is 2.51. The summed E-state index contributed by atoms with van der Waals surface area (Å²) in [5, 5.41) is 0. The molecule has 0 unspecified atom stereocenters. The molecule has 0 aromatic rings. The molecule has 0 saturated heterocycles. The molecule has 0 spiro atoms. The van der Waals surface area contributed by atoms with Gasteiger partial charge in [-0.2, -0.15) is 0 Å². The highest BCUT2D eigenvalue weighted by Gasteiger charge is 2.19. The average Bonchev–Trinajstić information content (AvgIpc) is 2.11. The van der Waals surface area contributed by atoms with Crippen LogP contribution in [0.4, 0.5) is 0 Å². The predicted molar refractivity (Wildman–Crippen MR) is 65.3 cm³/mol. The van der Waals surface area contributed by atoms with Crippen LogP contribution in [0.15, 0.2) is 23.8 Å². The lowest BCUT2D eigenvalue weighted by atomic mass is 9.80. The van der Waals surface area contributed by atoms with Gasteiger partial charge in [-0.1, -0.05) is 45.9 Å². The number of hydrogen-bond donors (Lipinski definition) is 1. The molecule has 0 rings (SSSR count). The summed E-state index contributed by atoms with van der Waals surface area (Å²) in [4.78, 5) is 0. The minimum Gasteiger partial charge on any atom is -0.330 e. The molecule has 1 nitrogen and oxygen atoms in total. The van der Waals surface area contributed by atoms with E-state index in [0.29, 0.717) is 0 Å². The highest BCUT2D eigenvalue weighted by Crippen LogP contribution is 2.31. The van der Waals surface area contributed by atoms with Gasteiger partial charge in [0.05, 0.1) is 0 Å². The molecule has 1 heteroatoms. The minimum atomic E-state index is 0.219. The van der Waals surface area contributed by atoms with Gasteiger partial charge in [-0.25, -0.2) is 0 Å². The van der Waals surface area contributed by atoms with E-state index in [0.717, 1.165) is 25.8 Å². The molecule has 0 aliphatic heterocycles. The van der Waals surface area contributed by atoms with Crippen LogP contribution in [0.5, 0.6) is 0 Å². The third-order valence-corrected chi connectivity index (χ3v) is 2.51. The second-order valence-corrected chi connectivity index (χ2v) is 4.30. The van der Waals surface area contributed by atoms with Gasteiger partial charge in [0.2, 0.25) is 0 Å². The van der Waals surface area contributed by atoms with Crippen LogP contribution in [-0.2, 0) is 0 Å². The first-order valence-electron chi connectivity index (χ1n) is 5.65. The fourth-order valence-corrected chi connectivity index (χ4v) is 1.54. The van der Waals surface area contributed by atoms with Gasteiger partial charge >= 0.3 is 0 Å². The van der Waals surface area contributed by atoms with Crippen LogP contribution >= 0.6 is 0 Å². The first-order chi connectivity index (χ1) is 6.58. The monoisotopic (exact) mass is 195 g/mol. The standard InChI is InChI=1S/C13H25N/c1-5-7-9-12(8-6-2)13(3,4)10-11-14/h7-9H,5-6,10-11,14H2,1-4H3/b9-7-,12-8+. The van der Waals surface area contributed by atoms with Gasteiger partial charge in [0, 0.05) is 0 Å². The molecule has 0 bridgehead atoms. The molecular formula is C13H25N. The van der Waals surface area contributed by atoms with Crippen molar-refractivity contribution < 1.29 is 0 Å². The van der Waals surface area contributed by atoms with Crippen molar-refractivity contribution in [3.8, 4) is 0 Å². The summed E-state index contributed by atoms with van der Waals surface area (Å²) < 4.78 is 0. The zero-order chi connectivity index (χ0) is 11.0. The van der Waals surface area contributed by atoms with Crippen molar-refractivity contribution in [1.29, 1.82) is 0 Å². The van der Waals surface area contributed by atoms with E-state index >= 15 is 0 Å². The van der Waals surface area contributed by atoms with Crippen molar-refractivity contribution in [2.24, 2.45) is 11.1 Å². The summed E-state index contributed by atoms with van der Waals surface area (Å²) >= 11 is 0. The van der Waals surface area contributed by atoms with Crippen LogP contribution in [0, 0.1) is 5.41 Å². The van der Waals surface area contributed by atoms with Gasteiger partial charge in [0.1, 0.15) is 0 Å². The van der Waals surface area contributed by atoms with E-state index in [-0.39, 0.29) is 5.41 Å². The lowest BCUT2D eigenvalue weighted by Crippen LogP contribution is -2.18. The summed E-state index contributed by atoms with van der Waals surface area (Å²) in [5.41, 5.74) is 7.27. The SMILES string of the molecule is CC/C=C\C(=C/CC)C(C)(C)CCN. The second-order valence-electron chi connectivity index (χ2n) is 4.30. The van der Waals surface area contributed by atoms with Gasteiger partial charge in [0.25, 0.3) is 0 Å². The molecule has 0 aliphatic carbocycles. The molecule has 0 radical (unpaired) electrons. The van der Waals surface area contributed by atoms with Crippen LogP contribution in [0.2, 0.25) is 0 Å². The largest absolute Gasteiger partial charge is 0.330 e. The first kappa shape index (κ1) is 13.4. The average molecular weight is 195 g/mol. The van der Waals surface area contributed by atoms with Gasteiger partial charge in [-0.05, 0) is 36.8 Å². The Morgan fingerprint density at radius 3 is 2.29 bits per heavy atom. The highest BCUT2D eigenvalue weighted by atomic mass is 14.5. The Labute approximate surface area is 89.1 Å². The highest BCUT2D eigenvalue weighted by molar-refractivity contribution is 5.25. The van der Waals surface area contributed by atoms with E-state index in [1.54, 1.807) is 0 Å². The van der Waals surface area contributed by atoms with E-state index in [2.05, 4.69) is 45.9 Å². The molecule has 2 N–H and O–H groups in total. The van der Waals surface area contributed by atoms with Crippen LogP contribution in [0.1, 0.15) is 47.0 Å². The summed E-state index contributed by atoms with van der Waals surface area (Å²) in [5.74, 6) is 0. The summed E-state index contributed by atoms with van der Waals surface area (Å²) in [6, 6.07) is 0. The fraction of sp³-hybridized carbons (Fsp3) is 0.692. The van der Waals surface area contributed by atoms with Crippen molar-refractivity contribution in [2.45, 2.75) is 47.0 Å². The second kappa shape index (κ2) is 6.83. The fourth-order valence-electron chi connectivity index (χ4n) is 1.54. The molecule has 0 saturated carbocycles. The molecule has 0 heterocycles. The van der Waals surface area contributed by atoms with Gasteiger partial charge in [-0.15, -0.1) is 0 Å². The van der Waals surface area contributed by atoms with Crippen molar-refractivity contribution in [3.05, 3.63) is 23.8 Å². The lowest BCUT2D eigenvalue weighted by Gasteiger charge is -2.26. The summed E-state index contributed by atoms with van der Waals surface area (Å²) in [7, 11) is 0. The molecule has 0 aliphatic rings. The van der Waals surface area contributed by atoms with Crippen LogP contribution < -0.4 is 5.73 Å². The zero-order valence-electron chi connectivity index (χ0n) is 10.1. The van der Waals surface area contributed by atoms with E-state index in [9.17, 15) is 0 Å². The maximum atomic E-state index is 5.63. The Hall–Kier alpha value is -0.560. The predicted octanol–water partition coefficient (Wildman–Crippen LogP) is 3.66. The van der Waals surface area contributed by atoms with Crippen molar-refractivity contribution in [3.63, 3.8) is 0 Å². The Balaban J connectivity index is 4.63. The molecule has 0 amide bonds. The van der Waals surface area contributed by atoms with Gasteiger partial charge in [0.15, 0.2) is 0 Å². The number of hydrogen-bond acceptors (Lipinski definition) is 1. The number of nitrogens with two attached hydrogens (primary N) is 1. The van der Waals surface area contributed by atoms with Gasteiger partial charge < -0.3 is 5.73 Å². The van der Waals surface area contributed by atoms with Gasteiger partial charge in [-0.3, -0.25) is 0 Å². The van der Waals surface area contributed by atoms with Crippen LogP contribution in [0.25, 0.3) is 0 Å². The van der Waals surface area contributed by atoms with Crippen molar-refractivity contribution in [1.82, 2.24) is 0 Å². The lowest BCUT2D eigenvalue weighted by molar-refractivity contribution is 0.423. The number of rotatable bonds is 6. The Morgan fingerprint density at radius 2 is 1.86 bits per heavy atom. The molecule has 0 fully saturated rings. The summed E-state index contributed by atoms with van der Waals surface area (Å²) in [6.07, 6.45) is 10.0. The van der Waals surface area contributed by atoms with Crippen molar-refractivity contribution >= 4 is 0 Å². The molecular weight excluding hydrogens is 170 g/mol. The molecule has 0 aromatic carbocycles. The first-order valence-corrected chi connectivity index (χ1v) is 5.65. The Bertz CT molecular complexity index is 199. The summed E-state index contributed by atoms with van der Waals surface area (Å²) in [6.45, 7) is 9.63. The zero-order valence-corrected chi connectivity index (χ0v) is 10.1. The molecule has 0 aromatic heterocycles. The van der Waals surface area contributed by atoms with Crippen LogP contribution in [0.3, 0.4) is 0 Å². The van der Waals surface area contributed by atoms with Crippen LogP contribution in [-0.4, -0.2) is 6.54 Å². The smallest absolute Gasteiger partial charge is 0.00690 e. The third kappa shape index (κ3) is 4.61.